The van der Waals surface area contributed by atoms with Gasteiger partial charge in [0.15, 0.2) is 0 Å². The van der Waals surface area contributed by atoms with Crippen molar-refractivity contribution in [2.24, 2.45) is 0 Å². The van der Waals surface area contributed by atoms with E-state index in [-0.39, 0.29) is 0 Å². The average Bonchev–Trinajstić information content (AvgIpc) is 2.73. The molecule has 84 valence electrons. The second-order valence-electron chi connectivity index (χ2n) is 4.77. The number of nitrogens with one attached hydrogen (secondary N) is 1. The number of likely N-dealkylation sites (tertiary alicyclic amines) is 1. The highest BCUT2D eigenvalue weighted by molar-refractivity contribution is 5.79. The van der Waals surface area contributed by atoms with Crippen LogP contribution in [0.5, 0.6) is 0 Å². The monoisotopic (exact) mass is 215 g/mol. The topological polar surface area (TPSA) is 31.9 Å². The van der Waals surface area contributed by atoms with Gasteiger partial charge in [0.05, 0.1) is 0 Å². The smallest absolute Gasteiger partial charge is 0.0487 e. The number of hydrogen-bond donors (Lipinski definition) is 1. The molecule has 0 unspecified atom stereocenters. The van der Waals surface area contributed by atoms with Crippen molar-refractivity contribution in [2.75, 3.05) is 20.1 Å². The highest BCUT2D eigenvalue weighted by Gasteiger charge is 2.19. The Hall–Kier alpha value is -1.35. The Morgan fingerprint density at radius 2 is 2.19 bits per heavy atom. The maximum atomic E-state index is 4.16. The molecule has 0 atom stereocenters. The summed E-state index contributed by atoms with van der Waals surface area (Å²) in [6, 6.07) is 4.31. The molecule has 3 rings (SSSR count). The molecule has 3 heterocycles. The average molecular weight is 215 g/mol. The number of hydrogen-bond acceptors (Lipinski definition) is 2. The molecule has 3 nitrogen and oxygen atoms in total. The van der Waals surface area contributed by atoms with Crippen LogP contribution in [0.4, 0.5) is 0 Å². The SMILES string of the molecule is CN1CCC(c2cc3cnccc3[nH]2)CC1. The van der Waals surface area contributed by atoms with Gasteiger partial charge in [-0.2, -0.15) is 0 Å². The normalized spacial score (nSPS) is 19.3. The minimum absolute atomic E-state index is 0.698. The Labute approximate surface area is 95.5 Å². The lowest BCUT2D eigenvalue weighted by Crippen LogP contribution is -2.29. The molecule has 0 amide bonds. The zero-order valence-corrected chi connectivity index (χ0v) is 9.61. The fourth-order valence-electron chi connectivity index (χ4n) is 2.53. The maximum absolute atomic E-state index is 4.16. The Bertz CT molecular complexity index is 448. The summed E-state index contributed by atoms with van der Waals surface area (Å²) in [5.41, 5.74) is 2.60. The van der Waals surface area contributed by atoms with E-state index < -0.39 is 0 Å². The van der Waals surface area contributed by atoms with E-state index in [4.69, 9.17) is 0 Å². The fraction of sp³-hybridized carbons (Fsp3) is 0.462. The lowest BCUT2D eigenvalue weighted by atomic mass is 9.94. The number of fused-ring (bicyclic) bond motifs is 1. The summed E-state index contributed by atoms with van der Waals surface area (Å²) < 4.78 is 0. The molecule has 1 N–H and O–H groups in total. The van der Waals surface area contributed by atoms with Gasteiger partial charge in [0.25, 0.3) is 0 Å². The Kier molecular flexibility index (Phi) is 2.40. The minimum atomic E-state index is 0.698. The molecule has 1 aliphatic rings. The van der Waals surface area contributed by atoms with E-state index >= 15 is 0 Å². The van der Waals surface area contributed by atoms with Crippen molar-refractivity contribution in [3.63, 3.8) is 0 Å². The first-order chi connectivity index (χ1) is 7.83. The molecule has 16 heavy (non-hydrogen) atoms. The van der Waals surface area contributed by atoms with Crippen LogP contribution in [0.2, 0.25) is 0 Å². The molecule has 0 aromatic carbocycles. The lowest BCUT2D eigenvalue weighted by Gasteiger charge is -2.28. The van der Waals surface area contributed by atoms with Gasteiger partial charge in [-0.05, 0) is 45.1 Å². The summed E-state index contributed by atoms with van der Waals surface area (Å²) in [5.74, 6) is 0.698. The van der Waals surface area contributed by atoms with Gasteiger partial charge in [0.1, 0.15) is 0 Å². The van der Waals surface area contributed by atoms with Crippen LogP contribution in [-0.4, -0.2) is 35.0 Å². The zero-order chi connectivity index (χ0) is 11.0. The molecule has 2 aromatic heterocycles. The van der Waals surface area contributed by atoms with Crippen molar-refractivity contribution >= 4 is 10.9 Å². The molecular weight excluding hydrogens is 198 g/mol. The Morgan fingerprint density at radius 3 is 2.94 bits per heavy atom. The van der Waals surface area contributed by atoms with Crippen molar-refractivity contribution in [2.45, 2.75) is 18.8 Å². The third-order valence-electron chi connectivity index (χ3n) is 3.60. The minimum Gasteiger partial charge on any atom is -0.358 e. The van der Waals surface area contributed by atoms with Crippen molar-refractivity contribution in [1.29, 1.82) is 0 Å². The zero-order valence-electron chi connectivity index (χ0n) is 9.61. The fourth-order valence-corrected chi connectivity index (χ4v) is 2.53. The van der Waals surface area contributed by atoms with Crippen LogP contribution in [0.3, 0.4) is 0 Å². The molecule has 1 fully saturated rings. The molecule has 3 heteroatoms. The number of pyridine rings is 1. The van der Waals surface area contributed by atoms with E-state index in [2.05, 4.69) is 28.0 Å². The van der Waals surface area contributed by atoms with Crippen molar-refractivity contribution in [3.8, 4) is 0 Å². The largest absolute Gasteiger partial charge is 0.358 e. The third-order valence-corrected chi connectivity index (χ3v) is 3.60. The van der Waals surface area contributed by atoms with E-state index in [1.807, 2.05) is 18.5 Å². The predicted octanol–water partition coefficient (Wildman–Crippen LogP) is 2.37. The molecule has 0 aliphatic carbocycles. The first kappa shape index (κ1) is 9.85. The summed E-state index contributed by atoms with van der Waals surface area (Å²) in [4.78, 5) is 10.1. The molecule has 0 radical (unpaired) electrons. The number of piperidine rings is 1. The molecule has 0 bridgehead atoms. The van der Waals surface area contributed by atoms with Gasteiger partial charge in [-0.15, -0.1) is 0 Å². The van der Waals surface area contributed by atoms with Crippen LogP contribution >= 0.6 is 0 Å². The van der Waals surface area contributed by atoms with Crippen LogP contribution < -0.4 is 0 Å². The summed E-state index contributed by atoms with van der Waals surface area (Å²) in [6.45, 7) is 2.41. The highest BCUT2D eigenvalue weighted by Crippen LogP contribution is 2.28. The third kappa shape index (κ3) is 1.71. The molecular formula is C13H17N3. The summed E-state index contributed by atoms with van der Waals surface area (Å²) in [5, 5.41) is 1.23. The first-order valence-electron chi connectivity index (χ1n) is 5.94. The van der Waals surface area contributed by atoms with Crippen LogP contribution in [0.15, 0.2) is 24.5 Å². The first-order valence-corrected chi connectivity index (χ1v) is 5.94. The van der Waals surface area contributed by atoms with Crippen LogP contribution in [0.25, 0.3) is 10.9 Å². The van der Waals surface area contributed by atoms with E-state index in [0.717, 1.165) is 0 Å². The summed E-state index contributed by atoms with van der Waals surface area (Å²) >= 11 is 0. The van der Waals surface area contributed by atoms with Crippen LogP contribution in [0.1, 0.15) is 24.5 Å². The number of H-pyrrole nitrogens is 1. The second-order valence-corrected chi connectivity index (χ2v) is 4.77. The van der Waals surface area contributed by atoms with E-state index in [0.29, 0.717) is 5.92 Å². The number of aromatic nitrogens is 2. The summed E-state index contributed by atoms with van der Waals surface area (Å²) in [6.07, 6.45) is 6.30. The molecule has 1 saturated heterocycles. The van der Waals surface area contributed by atoms with Gasteiger partial charge in [-0.1, -0.05) is 0 Å². The Morgan fingerprint density at radius 1 is 1.38 bits per heavy atom. The standard InChI is InChI=1S/C13H17N3/c1-16-6-3-10(4-7-16)13-8-11-9-14-5-2-12(11)15-13/h2,5,8-10,15H,3-4,6-7H2,1H3. The van der Waals surface area contributed by atoms with E-state index in [1.165, 1.54) is 42.5 Å². The van der Waals surface area contributed by atoms with Gasteiger partial charge >= 0.3 is 0 Å². The van der Waals surface area contributed by atoms with Gasteiger partial charge in [-0.3, -0.25) is 4.98 Å². The van der Waals surface area contributed by atoms with E-state index in [1.54, 1.807) is 0 Å². The van der Waals surface area contributed by atoms with Gasteiger partial charge in [0, 0.05) is 34.9 Å². The quantitative estimate of drug-likeness (QED) is 0.792. The highest BCUT2D eigenvalue weighted by atomic mass is 15.1. The van der Waals surface area contributed by atoms with Crippen molar-refractivity contribution < 1.29 is 0 Å². The summed E-state index contributed by atoms with van der Waals surface area (Å²) in [7, 11) is 2.20. The number of rotatable bonds is 1. The van der Waals surface area contributed by atoms with Gasteiger partial charge in [0.2, 0.25) is 0 Å². The molecule has 0 spiro atoms. The Balaban J connectivity index is 1.88. The maximum Gasteiger partial charge on any atom is 0.0487 e. The number of aromatic amines is 1. The van der Waals surface area contributed by atoms with Crippen LogP contribution in [0, 0.1) is 0 Å². The second kappa shape index (κ2) is 3.91. The van der Waals surface area contributed by atoms with E-state index in [9.17, 15) is 0 Å². The molecule has 2 aromatic rings. The number of nitrogens with zero attached hydrogens (tertiary/aromatic N) is 2. The molecule has 1 aliphatic heterocycles. The lowest BCUT2D eigenvalue weighted by molar-refractivity contribution is 0.254. The predicted molar refractivity (Wildman–Crippen MR) is 65.6 cm³/mol. The molecule has 0 saturated carbocycles. The van der Waals surface area contributed by atoms with Crippen molar-refractivity contribution in [1.82, 2.24) is 14.9 Å². The van der Waals surface area contributed by atoms with Crippen molar-refractivity contribution in [3.05, 3.63) is 30.2 Å². The van der Waals surface area contributed by atoms with Gasteiger partial charge in [-0.25, -0.2) is 0 Å². The van der Waals surface area contributed by atoms with Crippen LogP contribution in [-0.2, 0) is 0 Å². The van der Waals surface area contributed by atoms with Gasteiger partial charge < -0.3 is 9.88 Å².